The summed E-state index contributed by atoms with van der Waals surface area (Å²) in [5.74, 6) is 0. The maximum Gasteiger partial charge on any atom is 0.512 e. The van der Waals surface area contributed by atoms with Crippen LogP contribution in [0.2, 0.25) is 0 Å². The highest BCUT2D eigenvalue weighted by atomic mass is 32.3. The summed E-state index contributed by atoms with van der Waals surface area (Å²) >= 11 is 0. The van der Waals surface area contributed by atoms with E-state index in [0.29, 0.717) is 12.8 Å². The number of nitrogens with zero attached hydrogens (tertiary/aromatic N) is 1. The third-order valence-electron chi connectivity index (χ3n) is 2.79. The van der Waals surface area contributed by atoms with Gasteiger partial charge in [-0.3, -0.25) is 0 Å². The first kappa shape index (κ1) is 23.9. The van der Waals surface area contributed by atoms with Crippen molar-refractivity contribution in [1.82, 2.24) is 3.48 Å². The highest BCUT2D eigenvalue weighted by Gasteiger charge is 2.61. The molecule has 0 saturated heterocycles. The van der Waals surface area contributed by atoms with Gasteiger partial charge in [0.1, 0.15) is 0 Å². The molecule has 0 N–H and O–H groups in total. The average molecular weight is 425 g/mol. The first-order chi connectivity index (χ1) is 10.7. The van der Waals surface area contributed by atoms with Gasteiger partial charge in [0.2, 0.25) is 0 Å². The van der Waals surface area contributed by atoms with Gasteiger partial charge in [-0.2, -0.15) is 26.3 Å². The molecule has 0 amide bonds. The van der Waals surface area contributed by atoms with Gasteiger partial charge in [-0.05, 0) is 21.3 Å². The Balaban J connectivity index is 5.14. The van der Waals surface area contributed by atoms with Gasteiger partial charge in [0.15, 0.2) is 0 Å². The van der Waals surface area contributed by atoms with Crippen molar-refractivity contribution in [3.8, 4) is 0 Å². The SMILES string of the molecule is CCCCCCCCPN(S(=O)(=O)C(F)(F)F)S(=O)(=O)C(F)(F)F. The van der Waals surface area contributed by atoms with Crippen LogP contribution in [0.3, 0.4) is 0 Å². The molecule has 1 unspecified atom stereocenters. The summed E-state index contributed by atoms with van der Waals surface area (Å²) < 4.78 is 118. The van der Waals surface area contributed by atoms with Crippen LogP contribution in [0, 0.1) is 0 Å². The van der Waals surface area contributed by atoms with Crippen LogP contribution < -0.4 is 0 Å². The number of hydrogen-bond donors (Lipinski definition) is 0. The molecule has 14 heteroatoms. The van der Waals surface area contributed by atoms with Gasteiger partial charge in [-0.15, -0.1) is 0 Å². The number of unbranched alkanes of at least 4 members (excludes halogenated alkanes) is 5. The van der Waals surface area contributed by atoms with Crippen molar-refractivity contribution in [3.63, 3.8) is 0 Å². The van der Waals surface area contributed by atoms with Gasteiger partial charge in [-0.25, -0.2) is 16.8 Å². The minimum Gasteiger partial charge on any atom is -0.201 e. The zero-order valence-corrected chi connectivity index (χ0v) is 15.2. The van der Waals surface area contributed by atoms with Crippen molar-refractivity contribution in [2.24, 2.45) is 0 Å². The number of hydrogen-bond acceptors (Lipinski definition) is 4. The topological polar surface area (TPSA) is 71.5 Å². The molecule has 0 aliphatic rings. The van der Waals surface area contributed by atoms with E-state index in [1.165, 1.54) is 0 Å². The molecule has 0 bridgehead atoms. The number of halogens is 6. The van der Waals surface area contributed by atoms with Gasteiger partial charge >= 0.3 is 31.1 Å². The summed E-state index contributed by atoms with van der Waals surface area (Å²) in [5.41, 5.74) is -12.3. The normalized spacial score (nSPS) is 14.8. The Morgan fingerprint density at radius 3 is 1.50 bits per heavy atom. The first-order valence-electron chi connectivity index (χ1n) is 6.86. The zero-order chi connectivity index (χ0) is 19.2. The van der Waals surface area contributed by atoms with Crippen molar-refractivity contribution in [3.05, 3.63) is 0 Å². The molecule has 0 aromatic heterocycles. The Morgan fingerprint density at radius 2 is 1.12 bits per heavy atom. The second kappa shape index (κ2) is 9.00. The molecule has 0 saturated carbocycles. The maximum absolute atomic E-state index is 12.5. The van der Waals surface area contributed by atoms with E-state index in [1.807, 2.05) is 6.92 Å². The third kappa shape index (κ3) is 6.30. The molecule has 146 valence electrons. The standard InChI is InChI=1S/C10H18F6NO4PS2/c1-2-3-4-5-6-7-8-22-17(23(18,19)9(11,12)13)24(20,21)10(14,15)16/h22H,2-8H2,1H3. The second-order valence-corrected chi connectivity index (χ2v) is 10.5. The van der Waals surface area contributed by atoms with Crippen LogP contribution >= 0.6 is 8.73 Å². The molecular weight excluding hydrogens is 407 g/mol. The van der Waals surface area contributed by atoms with E-state index in [2.05, 4.69) is 0 Å². The summed E-state index contributed by atoms with van der Waals surface area (Å²) in [4.78, 5) is 0. The van der Waals surface area contributed by atoms with Crippen LogP contribution in [-0.4, -0.2) is 37.5 Å². The lowest BCUT2D eigenvalue weighted by atomic mass is 10.1. The summed E-state index contributed by atoms with van der Waals surface area (Å²) in [5, 5.41) is 0. The molecule has 1 atom stereocenters. The van der Waals surface area contributed by atoms with E-state index >= 15 is 0 Å². The van der Waals surface area contributed by atoms with Crippen LogP contribution in [0.4, 0.5) is 26.3 Å². The molecule has 0 aromatic carbocycles. The highest BCUT2D eigenvalue weighted by molar-refractivity contribution is 8.09. The predicted molar refractivity (Wildman–Crippen MR) is 78.3 cm³/mol. The fourth-order valence-corrected chi connectivity index (χ4v) is 6.60. The lowest BCUT2D eigenvalue weighted by molar-refractivity contribution is -0.0504. The van der Waals surface area contributed by atoms with E-state index in [1.54, 1.807) is 0 Å². The lowest BCUT2D eigenvalue weighted by Gasteiger charge is -2.23. The molecule has 0 heterocycles. The predicted octanol–water partition coefficient (Wildman–Crippen LogP) is 3.94. The molecule has 24 heavy (non-hydrogen) atoms. The van der Waals surface area contributed by atoms with Crippen LogP contribution in [0.25, 0.3) is 0 Å². The van der Waals surface area contributed by atoms with Crippen LogP contribution in [0.5, 0.6) is 0 Å². The van der Waals surface area contributed by atoms with E-state index < -0.39 is 49.4 Å². The largest absolute Gasteiger partial charge is 0.512 e. The second-order valence-electron chi connectivity index (χ2n) is 4.77. The van der Waals surface area contributed by atoms with Gasteiger partial charge in [0, 0.05) is 0 Å². The monoisotopic (exact) mass is 425 g/mol. The fraction of sp³-hybridized carbons (Fsp3) is 1.00. The summed E-state index contributed by atoms with van der Waals surface area (Å²) in [6, 6.07) is 0. The van der Waals surface area contributed by atoms with Gasteiger partial charge in [0.05, 0.1) is 0 Å². The third-order valence-corrected chi connectivity index (χ3v) is 9.07. The molecule has 0 fully saturated rings. The van der Waals surface area contributed by atoms with E-state index in [0.717, 1.165) is 19.3 Å². The van der Waals surface area contributed by atoms with E-state index in [-0.39, 0.29) is 6.42 Å². The maximum atomic E-state index is 12.5. The lowest BCUT2D eigenvalue weighted by Crippen LogP contribution is -2.45. The summed E-state index contributed by atoms with van der Waals surface area (Å²) in [6.07, 6.45) is 3.53. The van der Waals surface area contributed by atoms with Crippen molar-refractivity contribution in [2.75, 3.05) is 6.16 Å². The number of rotatable bonds is 10. The van der Waals surface area contributed by atoms with Gasteiger partial charge < -0.3 is 0 Å². The van der Waals surface area contributed by atoms with Crippen LogP contribution in [0.1, 0.15) is 45.4 Å². The summed E-state index contributed by atoms with van der Waals surface area (Å²) in [7, 11) is -15.0. The van der Waals surface area contributed by atoms with Gasteiger partial charge in [0.25, 0.3) is 0 Å². The Bertz CT molecular complexity index is 543. The summed E-state index contributed by atoms with van der Waals surface area (Å²) in [6.45, 7) is 1.95. The molecule has 0 radical (unpaired) electrons. The average Bonchev–Trinajstić information content (AvgIpc) is 2.38. The van der Waals surface area contributed by atoms with Gasteiger partial charge in [-0.1, -0.05) is 42.5 Å². The quantitative estimate of drug-likeness (QED) is 0.302. The van der Waals surface area contributed by atoms with Crippen molar-refractivity contribution in [1.29, 1.82) is 0 Å². The molecule has 0 aliphatic carbocycles. The van der Waals surface area contributed by atoms with E-state index in [9.17, 15) is 43.2 Å². The minimum absolute atomic E-state index is 0.124. The van der Waals surface area contributed by atoms with Crippen molar-refractivity contribution in [2.45, 2.75) is 56.5 Å². The molecule has 5 nitrogen and oxygen atoms in total. The minimum atomic E-state index is -6.64. The van der Waals surface area contributed by atoms with Crippen molar-refractivity contribution < 1.29 is 43.2 Å². The Kier molecular flexibility index (Phi) is 8.95. The smallest absolute Gasteiger partial charge is 0.201 e. The Morgan fingerprint density at radius 1 is 0.750 bits per heavy atom. The highest BCUT2D eigenvalue weighted by Crippen LogP contribution is 2.42. The fourth-order valence-electron chi connectivity index (χ4n) is 1.56. The number of alkyl halides is 6. The van der Waals surface area contributed by atoms with Crippen LogP contribution in [0.15, 0.2) is 0 Å². The first-order valence-corrected chi connectivity index (χ1v) is 10.9. The molecular formula is C10H18F6NO4PS2. The molecule has 0 spiro atoms. The Hall–Kier alpha value is -0.130. The Labute approximate surface area is 138 Å². The van der Waals surface area contributed by atoms with Crippen molar-refractivity contribution >= 4 is 28.8 Å². The number of sulfonamides is 2. The van der Waals surface area contributed by atoms with Crippen LogP contribution in [-0.2, 0) is 20.0 Å². The molecule has 0 aromatic rings. The van der Waals surface area contributed by atoms with E-state index in [4.69, 9.17) is 0 Å². The molecule has 0 aliphatic heterocycles. The molecule has 0 rings (SSSR count). The zero-order valence-electron chi connectivity index (χ0n) is 12.6.